The molecule has 0 fully saturated rings. The van der Waals surface area contributed by atoms with Crippen molar-refractivity contribution >= 4 is 76.0 Å². The third kappa shape index (κ3) is 4.53. The molecule has 1 aromatic heterocycles. The number of rotatable bonds is 5. The lowest BCUT2D eigenvalue weighted by molar-refractivity contribution is -0.112. The second-order valence-corrected chi connectivity index (χ2v) is 9.35. The zero-order chi connectivity index (χ0) is 19.5. The van der Waals surface area contributed by atoms with E-state index >= 15 is 0 Å². The molecule has 8 heteroatoms. The Bertz CT molecular complexity index is 1030. The number of thiophene rings is 1. The van der Waals surface area contributed by atoms with Crippen LogP contribution in [0, 0.1) is 0 Å². The van der Waals surface area contributed by atoms with Gasteiger partial charge in [0.05, 0.1) is 28.4 Å². The molecular formula is C20H13Cl2NO2S3. The number of carbonyl (C=O) groups excluding carboxylic acids is 1. The van der Waals surface area contributed by atoms with Gasteiger partial charge in [0.25, 0.3) is 5.91 Å². The van der Waals surface area contributed by atoms with E-state index in [0.717, 1.165) is 21.0 Å². The second-order valence-electron chi connectivity index (χ2n) is 5.78. The van der Waals surface area contributed by atoms with Crippen molar-refractivity contribution in [1.82, 2.24) is 0 Å². The number of anilines is 1. The van der Waals surface area contributed by atoms with Gasteiger partial charge in [0.1, 0.15) is 5.75 Å². The third-order valence-corrected chi connectivity index (χ3v) is 7.22. The average Bonchev–Trinajstić information content (AvgIpc) is 3.18. The van der Waals surface area contributed by atoms with Gasteiger partial charge < -0.3 is 9.50 Å². The molecule has 1 N–H and O–H groups in total. The molecule has 0 unspecified atom stereocenters. The van der Waals surface area contributed by atoms with Crippen molar-refractivity contribution in [3.8, 4) is 5.75 Å². The molecule has 4 rings (SSSR count). The van der Waals surface area contributed by atoms with E-state index in [0.29, 0.717) is 26.5 Å². The zero-order valence-electron chi connectivity index (χ0n) is 14.3. The monoisotopic (exact) mass is 465 g/mol. The maximum Gasteiger partial charge on any atom is 0.262 e. The van der Waals surface area contributed by atoms with Crippen LogP contribution >= 0.6 is 58.3 Å². The van der Waals surface area contributed by atoms with Crippen molar-refractivity contribution in [2.75, 3.05) is 5.32 Å². The van der Waals surface area contributed by atoms with Gasteiger partial charge in [-0.05, 0) is 41.8 Å². The Hall–Kier alpha value is -1.57. The highest BCUT2D eigenvalue weighted by Gasteiger charge is 2.21. The van der Waals surface area contributed by atoms with E-state index in [-0.39, 0.29) is 5.91 Å². The average molecular weight is 466 g/mol. The number of hydrogen-bond donors (Lipinski definition) is 1. The predicted molar refractivity (Wildman–Crippen MR) is 122 cm³/mol. The SMILES string of the molecule is O=C1Nc2cc(OSCc3c(Cl)cccc3Cl)ccc2S/C1=C\c1cccs1. The summed E-state index contributed by atoms with van der Waals surface area (Å²) < 4.78 is 5.76. The summed E-state index contributed by atoms with van der Waals surface area (Å²) in [5, 5.41) is 6.15. The molecule has 2 aromatic carbocycles. The fourth-order valence-electron chi connectivity index (χ4n) is 2.52. The van der Waals surface area contributed by atoms with Crippen molar-refractivity contribution in [2.24, 2.45) is 0 Å². The number of carbonyl (C=O) groups is 1. The van der Waals surface area contributed by atoms with Crippen molar-refractivity contribution in [3.63, 3.8) is 0 Å². The van der Waals surface area contributed by atoms with E-state index in [1.807, 2.05) is 47.9 Å². The maximum absolute atomic E-state index is 12.4. The minimum absolute atomic E-state index is 0.112. The highest BCUT2D eigenvalue weighted by Crippen LogP contribution is 2.41. The van der Waals surface area contributed by atoms with Gasteiger partial charge in [-0.1, -0.05) is 47.1 Å². The minimum atomic E-state index is -0.112. The Morgan fingerprint density at radius 2 is 1.93 bits per heavy atom. The molecule has 1 amide bonds. The zero-order valence-corrected chi connectivity index (χ0v) is 18.2. The molecule has 0 saturated carbocycles. The van der Waals surface area contributed by atoms with Crippen LogP contribution in [0.25, 0.3) is 6.08 Å². The number of benzene rings is 2. The van der Waals surface area contributed by atoms with Gasteiger partial charge >= 0.3 is 0 Å². The Labute approximate surface area is 185 Å². The van der Waals surface area contributed by atoms with Crippen LogP contribution in [-0.2, 0) is 10.5 Å². The summed E-state index contributed by atoms with van der Waals surface area (Å²) in [6, 6.07) is 15.0. The van der Waals surface area contributed by atoms with E-state index < -0.39 is 0 Å². The lowest BCUT2D eigenvalue weighted by Gasteiger charge is -2.19. The normalized spacial score (nSPS) is 14.6. The van der Waals surface area contributed by atoms with Crippen LogP contribution in [0.5, 0.6) is 5.75 Å². The summed E-state index contributed by atoms with van der Waals surface area (Å²) in [7, 11) is 0. The highest BCUT2D eigenvalue weighted by atomic mass is 35.5. The number of thioether (sulfide) groups is 1. The number of nitrogens with one attached hydrogen (secondary N) is 1. The van der Waals surface area contributed by atoms with E-state index in [1.54, 1.807) is 23.5 Å². The maximum atomic E-state index is 12.4. The molecule has 0 spiro atoms. The van der Waals surface area contributed by atoms with Gasteiger partial charge in [-0.15, -0.1) is 11.3 Å². The second kappa shape index (κ2) is 8.84. The predicted octanol–water partition coefficient (Wildman–Crippen LogP) is 7.37. The molecule has 0 radical (unpaired) electrons. The van der Waals surface area contributed by atoms with Gasteiger partial charge in [0.2, 0.25) is 0 Å². The van der Waals surface area contributed by atoms with Crippen LogP contribution < -0.4 is 9.50 Å². The Balaban J connectivity index is 1.44. The molecule has 0 aliphatic carbocycles. The standard InChI is InChI=1S/C20H13Cl2NO2S3/c21-15-4-1-5-16(22)14(15)11-27-25-12-6-7-18-17(9-12)23-20(24)19(28-18)10-13-3-2-8-26-13/h1-10H,11H2,(H,23,24)/b19-10-. The lowest BCUT2D eigenvalue weighted by atomic mass is 10.2. The molecule has 142 valence electrons. The summed E-state index contributed by atoms with van der Waals surface area (Å²) in [5.41, 5.74) is 1.58. The Morgan fingerprint density at radius 1 is 1.11 bits per heavy atom. The van der Waals surface area contributed by atoms with Crippen LogP contribution in [0.3, 0.4) is 0 Å². The van der Waals surface area contributed by atoms with Crippen LogP contribution in [0.4, 0.5) is 5.69 Å². The van der Waals surface area contributed by atoms with E-state index in [4.69, 9.17) is 27.4 Å². The first-order valence-electron chi connectivity index (χ1n) is 8.21. The van der Waals surface area contributed by atoms with E-state index in [9.17, 15) is 4.79 Å². The Morgan fingerprint density at radius 3 is 2.68 bits per heavy atom. The smallest absolute Gasteiger partial charge is 0.262 e. The lowest BCUT2D eigenvalue weighted by Crippen LogP contribution is -2.17. The summed E-state index contributed by atoms with van der Waals surface area (Å²) >= 11 is 16.7. The van der Waals surface area contributed by atoms with Gasteiger partial charge in [0, 0.05) is 31.4 Å². The molecule has 0 saturated heterocycles. The fourth-order valence-corrected chi connectivity index (χ4v) is 5.59. The summed E-state index contributed by atoms with van der Waals surface area (Å²) in [6.07, 6.45) is 1.90. The topological polar surface area (TPSA) is 38.3 Å². The van der Waals surface area contributed by atoms with Crippen molar-refractivity contribution in [2.45, 2.75) is 10.6 Å². The summed E-state index contributed by atoms with van der Waals surface area (Å²) in [5.74, 6) is 1.06. The van der Waals surface area contributed by atoms with Crippen LogP contribution in [0.1, 0.15) is 10.4 Å². The number of halogens is 2. The quantitative estimate of drug-likeness (QED) is 0.315. The van der Waals surface area contributed by atoms with E-state index in [2.05, 4.69) is 5.32 Å². The molecule has 0 atom stereocenters. The van der Waals surface area contributed by atoms with Gasteiger partial charge in [-0.2, -0.15) is 0 Å². The molecule has 3 aromatic rings. The van der Waals surface area contributed by atoms with Crippen LogP contribution in [-0.4, -0.2) is 5.91 Å². The Kier molecular flexibility index (Phi) is 6.23. The molecule has 2 heterocycles. The number of hydrogen-bond acceptors (Lipinski definition) is 5. The number of amides is 1. The molecule has 3 nitrogen and oxygen atoms in total. The molecule has 0 bridgehead atoms. The van der Waals surface area contributed by atoms with Crippen LogP contribution in [0.2, 0.25) is 10.0 Å². The van der Waals surface area contributed by atoms with Crippen LogP contribution in [0.15, 0.2) is 63.7 Å². The van der Waals surface area contributed by atoms with Gasteiger partial charge in [-0.3, -0.25) is 4.79 Å². The summed E-state index contributed by atoms with van der Waals surface area (Å²) in [4.78, 5) is 15.1. The molecule has 28 heavy (non-hydrogen) atoms. The van der Waals surface area contributed by atoms with Crippen molar-refractivity contribution in [3.05, 3.63) is 79.3 Å². The largest absolute Gasteiger partial charge is 0.425 e. The first kappa shape index (κ1) is 19.7. The fraction of sp³-hybridized carbons (Fsp3) is 0.0500. The highest BCUT2D eigenvalue weighted by molar-refractivity contribution is 8.04. The first-order chi connectivity index (χ1) is 13.6. The van der Waals surface area contributed by atoms with Crippen molar-refractivity contribution < 1.29 is 8.98 Å². The van der Waals surface area contributed by atoms with Gasteiger partial charge in [-0.25, -0.2) is 0 Å². The molecule has 1 aliphatic rings. The van der Waals surface area contributed by atoms with E-state index in [1.165, 1.54) is 23.8 Å². The van der Waals surface area contributed by atoms with Gasteiger partial charge in [0.15, 0.2) is 0 Å². The first-order valence-corrected chi connectivity index (χ1v) is 11.6. The third-order valence-electron chi connectivity index (χ3n) is 3.88. The minimum Gasteiger partial charge on any atom is -0.425 e. The van der Waals surface area contributed by atoms with Crippen molar-refractivity contribution in [1.29, 1.82) is 0 Å². The number of fused-ring (bicyclic) bond motifs is 1. The summed E-state index contributed by atoms with van der Waals surface area (Å²) in [6.45, 7) is 0. The molecule has 1 aliphatic heterocycles. The molecular weight excluding hydrogens is 453 g/mol.